The predicted molar refractivity (Wildman–Crippen MR) is 159 cm³/mol. The summed E-state index contributed by atoms with van der Waals surface area (Å²) < 4.78 is 0. The Morgan fingerprint density at radius 2 is 1.87 bits per heavy atom. The smallest absolute Gasteiger partial charge is 0.253 e. The van der Waals surface area contributed by atoms with Crippen molar-refractivity contribution in [3.05, 3.63) is 94.9 Å². The second-order valence-corrected chi connectivity index (χ2v) is 11.1. The predicted octanol–water partition coefficient (Wildman–Crippen LogP) is 4.95. The number of carbonyl (C=O) groups is 1. The number of hydrogen-bond acceptors (Lipinski definition) is 6. The number of pyridine rings is 1. The van der Waals surface area contributed by atoms with Crippen LogP contribution in [0.4, 0.5) is 11.6 Å². The first-order valence-electron chi connectivity index (χ1n) is 13.2. The average molecular weight is 535 g/mol. The number of carbonyl (C=O) groups excluding carboxylic acids is 1. The Morgan fingerprint density at radius 1 is 1.05 bits per heavy atom. The lowest BCUT2D eigenvalue weighted by molar-refractivity contribution is 0.0788. The van der Waals surface area contributed by atoms with Gasteiger partial charge in [-0.2, -0.15) is 0 Å². The SMILES string of the molecule is Cc1ccc2c(c1)C(c1ncccc1P)=NCc1cnc(N(C)c3ccc(C(=O)N4CCC(C)C4)cc3)nc1-2. The van der Waals surface area contributed by atoms with Gasteiger partial charge in [-0.1, -0.05) is 30.7 Å². The number of amides is 1. The van der Waals surface area contributed by atoms with Crippen molar-refractivity contribution in [2.24, 2.45) is 10.9 Å². The van der Waals surface area contributed by atoms with Crippen molar-refractivity contribution in [1.29, 1.82) is 0 Å². The summed E-state index contributed by atoms with van der Waals surface area (Å²) in [6.45, 7) is 6.40. The molecule has 0 saturated carbocycles. The monoisotopic (exact) mass is 534 g/mol. The number of fused-ring (bicyclic) bond motifs is 3. The van der Waals surface area contributed by atoms with Gasteiger partial charge in [-0.25, -0.2) is 9.97 Å². The molecule has 0 bridgehead atoms. The van der Waals surface area contributed by atoms with E-state index >= 15 is 0 Å². The van der Waals surface area contributed by atoms with Gasteiger partial charge in [-0.3, -0.25) is 14.8 Å². The Labute approximate surface area is 231 Å². The van der Waals surface area contributed by atoms with Gasteiger partial charge in [0, 0.05) is 60.5 Å². The maximum Gasteiger partial charge on any atom is 0.253 e. The summed E-state index contributed by atoms with van der Waals surface area (Å²) in [4.78, 5) is 36.2. The third kappa shape index (κ3) is 4.83. The zero-order valence-electron chi connectivity index (χ0n) is 22.4. The molecule has 2 aromatic heterocycles. The van der Waals surface area contributed by atoms with Crippen LogP contribution in [0.25, 0.3) is 11.3 Å². The minimum absolute atomic E-state index is 0.0964. The van der Waals surface area contributed by atoms with E-state index < -0.39 is 0 Å². The van der Waals surface area contributed by atoms with Crippen LogP contribution in [0.3, 0.4) is 0 Å². The van der Waals surface area contributed by atoms with Gasteiger partial charge in [-0.05, 0) is 61.0 Å². The molecule has 8 heteroatoms. The lowest BCUT2D eigenvalue weighted by Gasteiger charge is -2.20. The summed E-state index contributed by atoms with van der Waals surface area (Å²) in [5, 5.41) is 1.00. The van der Waals surface area contributed by atoms with Crippen LogP contribution < -0.4 is 10.2 Å². The highest BCUT2D eigenvalue weighted by atomic mass is 31.0. The summed E-state index contributed by atoms with van der Waals surface area (Å²) in [5.41, 5.74) is 8.35. The molecule has 2 aliphatic heterocycles. The van der Waals surface area contributed by atoms with Crippen LogP contribution in [-0.4, -0.2) is 51.6 Å². The molecular formula is C31H31N6OP. The number of nitrogens with zero attached hydrogens (tertiary/aromatic N) is 6. The maximum absolute atomic E-state index is 12.9. The Hall–Kier alpha value is -3.96. The number of anilines is 2. The molecule has 0 aliphatic carbocycles. The molecule has 2 atom stereocenters. The standard InChI is InChI=1S/C31H31N6OP/c1-19-6-11-24-25(15-19)28(29-26(39)5-4-13-32-29)33-16-22-17-34-31(35-27(22)24)36(3)23-9-7-21(8-10-23)30(38)37-14-12-20(2)18-37/h4-11,13,15,17,20H,12,14,16,18,39H2,1-3H3. The first-order chi connectivity index (χ1) is 18.9. The number of rotatable bonds is 4. The molecule has 2 aromatic carbocycles. The second-order valence-electron chi connectivity index (χ2n) is 10.4. The molecule has 4 heterocycles. The van der Waals surface area contributed by atoms with Crippen molar-refractivity contribution in [1.82, 2.24) is 19.9 Å². The fourth-order valence-electron chi connectivity index (χ4n) is 5.28. The van der Waals surface area contributed by atoms with Gasteiger partial charge in [0.15, 0.2) is 0 Å². The summed E-state index contributed by atoms with van der Waals surface area (Å²) in [6, 6.07) is 18.0. The second kappa shape index (κ2) is 10.3. The van der Waals surface area contributed by atoms with E-state index in [-0.39, 0.29) is 5.91 Å². The van der Waals surface area contributed by atoms with E-state index in [0.29, 0.717) is 24.0 Å². The first kappa shape index (κ1) is 25.3. The number of hydrogen-bond donors (Lipinski definition) is 0. The highest BCUT2D eigenvalue weighted by Crippen LogP contribution is 2.33. The molecule has 0 spiro atoms. The minimum atomic E-state index is 0.0964. The molecule has 7 nitrogen and oxygen atoms in total. The Kier molecular flexibility index (Phi) is 6.69. The normalized spacial score (nSPS) is 16.3. The van der Waals surface area contributed by atoms with Crippen LogP contribution in [-0.2, 0) is 6.54 Å². The molecule has 1 amide bonds. The zero-order valence-corrected chi connectivity index (χ0v) is 23.6. The maximum atomic E-state index is 12.9. The molecular weight excluding hydrogens is 503 g/mol. The van der Waals surface area contributed by atoms with Crippen LogP contribution in [0.2, 0.25) is 0 Å². The average Bonchev–Trinajstić information content (AvgIpc) is 3.33. The summed E-state index contributed by atoms with van der Waals surface area (Å²) in [7, 11) is 4.72. The Bertz CT molecular complexity index is 1600. The molecule has 2 unspecified atom stereocenters. The lowest BCUT2D eigenvalue weighted by Crippen LogP contribution is -2.28. The fraction of sp³-hybridized carbons (Fsp3) is 0.258. The van der Waals surface area contributed by atoms with E-state index in [1.807, 2.05) is 59.4 Å². The molecule has 2 aliphatic rings. The van der Waals surface area contributed by atoms with E-state index in [1.165, 1.54) is 0 Å². The lowest BCUT2D eigenvalue weighted by atomic mass is 9.95. The molecule has 6 rings (SSSR count). The third-order valence-corrected chi connectivity index (χ3v) is 7.99. The number of aliphatic imine (C=N–C) groups is 1. The summed E-state index contributed by atoms with van der Waals surface area (Å²) in [5.74, 6) is 1.24. The van der Waals surface area contributed by atoms with E-state index in [9.17, 15) is 4.79 Å². The fourth-order valence-corrected chi connectivity index (χ4v) is 5.60. The van der Waals surface area contributed by atoms with Crippen LogP contribution >= 0.6 is 9.24 Å². The molecule has 0 radical (unpaired) electrons. The summed E-state index contributed by atoms with van der Waals surface area (Å²) >= 11 is 0. The molecule has 1 fully saturated rings. The molecule has 196 valence electrons. The topological polar surface area (TPSA) is 74.6 Å². The first-order valence-corrected chi connectivity index (χ1v) is 13.8. The van der Waals surface area contributed by atoms with Gasteiger partial charge >= 0.3 is 0 Å². The minimum Gasteiger partial charge on any atom is -0.338 e. The summed E-state index contributed by atoms with van der Waals surface area (Å²) in [6.07, 6.45) is 4.74. The molecule has 0 N–H and O–H groups in total. The van der Waals surface area contributed by atoms with Crippen molar-refractivity contribution < 1.29 is 4.79 Å². The van der Waals surface area contributed by atoms with Gasteiger partial charge < -0.3 is 9.80 Å². The van der Waals surface area contributed by atoms with Gasteiger partial charge in [0.1, 0.15) is 0 Å². The van der Waals surface area contributed by atoms with Crippen LogP contribution in [0.5, 0.6) is 0 Å². The van der Waals surface area contributed by atoms with Crippen molar-refractivity contribution in [2.45, 2.75) is 26.8 Å². The quantitative estimate of drug-likeness (QED) is 0.347. The third-order valence-electron chi connectivity index (χ3n) is 7.52. The van der Waals surface area contributed by atoms with E-state index in [4.69, 9.17) is 15.0 Å². The van der Waals surface area contributed by atoms with Gasteiger partial charge in [-0.15, -0.1) is 9.24 Å². The molecule has 39 heavy (non-hydrogen) atoms. The van der Waals surface area contributed by atoms with E-state index in [0.717, 1.165) is 69.9 Å². The molecule has 1 saturated heterocycles. The number of aryl methyl sites for hydroxylation is 1. The number of benzene rings is 2. The van der Waals surface area contributed by atoms with Crippen molar-refractivity contribution >= 4 is 37.8 Å². The van der Waals surface area contributed by atoms with Gasteiger partial charge in [0.2, 0.25) is 5.95 Å². The van der Waals surface area contributed by atoms with Crippen molar-refractivity contribution in [3.8, 4) is 11.3 Å². The Morgan fingerprint density at radius 3 is 2.62 bits per heavy atom. The van der Waals surface area contributed by atoms with E-state index in [2.05, 4.69) is 46.3 Å². The highest BCUT2D eigenvalue weighted by Gasteiger charge is 2.25. The largest absolute Gasteiger partial charge is 0.338 e. The van der Waals surface area contributed by atoms with E-state index in [1.54, 1.807) is 6.20 Å². The van der Waals surface area contributed by atoms with Crippen molar-refractivity contribution in [2.75, 3.05) is 25.0 Å². The molecule has 4 aromatic rings. The van der Waals surface area contributed by atoms with Crippen LogP contribution in [0, 0.1) is 12.8 Å². The zero-order chi connectivity index (χ0) is 27.1. The van der Waals surface area contributed by atoms with Crippen LogP contribution in [0.1, 0.15) is 46.1 Å². The van der Waals surface area contributed by atoms with Gasteiger partial charge in [0.25, 0.3) is 5.91 Å². The Balaban J connectivity index is 1.33. The highest BCUT2D eigenvalue weighted by molar-refractivity contribution is 7.27. The number of likely N-dealkylation sites (tertiary alicyclic amines) is 1. The van der Waals surface area contributed by atoms with Crippen molar-refractivity contribution in [3.63, 3.8) is 0 Å². The number of aromatic nitrogens is 3. The van der Waals surface area contributed by atoms with Gasteiger partial charge in [0.05, 0.1) is 23.6 Å². The van der Waals surface area contributed by atoms with Crippen LogP contribution in [0.15, 0.2) is 72.0 Å².